The quantitative estimate of drug-likeness (QED) is 0.709. The SMILES string of the molecule is CC(C)CNC(=O)CNS(=O)(=O)c1ccc(CCCl)cc1. The molecule has 0 aromatic heterocycles. The molecular formula is C14H21ClN2O3S. The molecule has 0 saturated heterocycles. The Morgan fingerprint density at radius 3 is 2.38 bits per heavy atom. The van der Waals surface area contributed by atoms with E-state index in [2.05, 4.69) is 10.0 Å². The first-order valence-electron chi connectivity index (χ1n) is 6.76. The predicted octanol–water partition coefficient (Wildman–Crippen LogP) is 1.52. The van der Waals surface area contributed by atoms with Gasteiger partial charge in [0, 0.05) is 12.4 Å². The Labute approximate surface area is 131 Å². The van der Waals surface area contributed by atoms with Crippen LogP contribution in [0.25, 0.3) is 0 Å². The van der Waals surface area contributed by atoms with Crippen molar-refractivity contribution in [3.05, 3.63) is 29.8 Å². The monoisotopic (exact) mass is 332 g/mol. The number of halogens is 1. The number of hydrogen-bond acceptors (Lipinski definition) is 3. The first kappa shape index (κ1) is 17.9. The second-order valence-corrected chi connectivity index (χ2v) is 7.25. The summed E-state index contributed by atoms with van der Waals surface area (Å²) in [6.45, 7) is 4.19. The van der Waals surface area contributed by atoms with Crippen molar-refractivity contribution in [3.63, 3.8) is 0 Å². The Morgan fingerprint density at radius 1 is 1.24 bits per heavy atom. The van der Waals surface area contributed by atoms with Crippen LogP contribution in [0.1, 0.15) is 19.4 Å². The van der Waals surface area contributed by atoms with E-state index in [1.54, 1.807) is 12.1 Å². The van der Waals surface area contributed by atoms with E-state index in [0.29, 0.717) is 24.8 Å². The molecule has 118 valence electrons. The summed E-state index contributed by atoms with van der Waals surface area (Å²) in [5.74, 6) is 0.464. The van der Waals surface area contributed by atoms with Gasteiger partial charge in [0.15, 0.2) is 0 Å². The second kappa shape index (κ2) is 8.36. The molecule has 1 aromatic carbocycles. The van der Waals surface area contributed by atoms with E-state index >= 15 is 0 Å². The summed E-state index contributed by atoms with van der Waals surface area (Å²) >= 11 is 5.63. The minimum Gasteiger partial charge on any atom is -0.355 e. The first-order valence-corrected chi connectivity index (χ1v) is 8.78. The van der Waals surface area contributed by atoms with Crippen LogP contribution >= 0.6 is 11.6 Å². The topological polar surface area (TPSA) is 75.3 Å². The number of sulfonamides is 1. The van der Waals surface area contributed by atoms with Gasteiger partial charge in [-0.1, -0.05) is 26.0 Å². The highest BCUT2D eigenvalue weighted by atomic mass is 35.5. The van der Waals surface area contributed by atoms with Crippen LogP contribution in [0, 0.1) is 5.92 Å². The third-order valence-corrected chi connectivity index (χ3v) is 4.35. The lowest BCUT2D eigenvalue weighted by atomic mass is 10.2. The Morgan fingerprint density at radius 2 is 1.86 bits per heavy atom. The molecule has 1 rings (SSSR count). The summed E-state index contributed by atoms with van der Waals surface area (Å²) in [6.07, 6.45) is 0.687. The van der Waals surface area contributed by atoms with Gasteiger partial charge in [0.25, 0.3) is 0 Å². The summed E-state index contributed by atoms with van der Waals surface area (Å²) in [7, 11) is -3.67. The van der Waals surface area contributed by atoms with Gasteiger partial charge in [0.2, 0.25) is 15.9 Å². The molecule has 1 aromatic rings. The van der Waals surface area contributed by atoms with E-state index < -0.39 is 10.0 Å². The smallest absolute Gasteiger partial charge is 0.241 e. The molecule has 0 radical (unpaired) electrons. The lowest BCUT2D eigenvalue weighted by Crippen LogP contribution is -2.38. The van der Waals surface area contributed by atoms with Gasteiger partial charge in [0.05, 0.1) is 11.4 Å². The van der Waals surface area contributed by atoms with Crippen LogP contribution in [0.5, 0.6) is 0 Å². The van der Waals surface area contributed by atoms with E-state index in [1.165, 1.54) is 12.1 Å². The second-order valence-electron chi connectivity index (χ2n) is 5.11. The van der Waals surface area contributed by atoms with E-state index in [4.69, 9.17) is 11.6 Å². The fourth-order valence-electron chi connectivity index (χ4n) is 1.57. The van der Waals surface area contributed by atoms with Crippen molar-refractivity contribution in [2.24, 2.45) is 5.92 Å². The largest absolute Gasteiger partial charge is 0.355 e. The van der Waals surface area contributed by atoms with Gasteiger partial charge in [-0.05, 0) is 30.0 Å². The number of rotatable bonds is 8. The Bertz CT molecular complexity index is 556. The molecule has 7 heteroatoms. The predicted molar refractivity (Wildman–Crippen MR) is 83.9 cm³/mol. The van der Waals surface area contributed by atoms with E-state index in [-0.39, 0.29) is 17.3 Å². The van der Waals surface area contributed by atoms with E-state index in [9.17, 15) is 13.2 Å². The third kappa shape index (κ3) is 6.46. The summed E-state index contributed by atoms with van der Waals surface area (Å²) in [4.78, 5) is 11.6. The van der Waals surface area contributed by atoms with Crippen molar-refractivity contribution in [1.29, 1.82) is 0 Å². The highest BCUT2D eigenvalue weighted by Gasteiger charge is 2.15. The van der Waals surface area contributed by atoms with Crippen molar-refractivity contribution < 1.29 is 13.2 Å². The average molecular weight is 333 g/mol. The summed E-state index contributed by atoms with van der Waals surface area (Å²) < 4.78 is 26.3. The summed E-state index contributed by atoms with van der Waals surface area (Å²) in [5.41, 5.74) is 0.971. The Hall–Kier alpha value is -1.11. The van der Waals surface area contributed by atoms with Crippen LogP contribution in [0.4, 0.5) is 0 Å². The minimum atomic E-state index is -3.67. The minimum absolute atomic E-state index is 0.137. The molecule has 0 unspecified atom stereocenters. The number of carbonyl (C=O) groups excluding carboxylic acids is 1. The van der Waals surface area contributed by atoms with Gasteiger partial charge in [0.1, 0.15) is 0 Å². The molecule has 0 aliphatic carbocycles. The molecule has 5 nitrogen and oxygen atoms in total. The van der Waals surface area contributed by atoms with Crippen LogP contribution in [0.15, 0.2) is 29.2 Å². The zero-order valence-corrected chi connectivity index (χ0v) is 13.8. The maximum absolute atomic E-state index is 12.0. The van der Waals surface area contributed by atoms with Crippen LogP contribution in [-0.2, 0) is 21.2 Å². The Kier molecular flexibility index (Phi) is 7.14. The van der Waals surface area contributed by atoms with Crippen LogP contribution in [0.3, 0.4) is 0 Å². The van der Waals surface area contributed by atoms with Crippen LogP contribution in [0.2, 0.25) is 0 Å². The number of carbonyl (C=O) groups is 1. The van der Waals surface area contributed by atoms with Crippen molar-refractivity contribution in [2.75, 3.05) is 19.0 Å². The first-order chi connectivity index (χ1) is 9.85. The van der Waals surface area contributed by atoms with E-state index in [0.717, 1.165) is 5.56 Å². The lowest BCUT2D eigenvalue weighted by Gasteiger charge is -2.09. The number of amides is 1. The average Bonchev–Trinajstić information content (AvgIpc) is 2.44. The van der Waals surface area contributed by atoms with Crippen molar-refractivity contribution >= 4 is 27.5 Å². The van der Waals surface area contributed by atoms with Gasteiger partial charge in [-0.2, -0.15) is 0 Å². The van der Waals surface area contributed by atoms with Crippen LogP contribution < -0.4 is 10.0 Å². The summed E-state index contributed by atoms with van der Waals surface area (Å²) in [5, 5.41) is 2.65. The van der Waals surface area contributed by atoms with Crippen LogP contribution in [-0.4, -0.2) is 33.3 Å². The molecule has 0 saturated carbocycles. The highest BCUT2D eigenvalue weighted by molar-refractivity contribution is 7.89. The van der Waals surface area contributed by atoms with E-state index in [1.807, 2.05) is 13.8 Å². The maximum Gasteiger partial charge on any atom is 0.241 e. The normalized spacial score (nSPS) is 11.6. The molecule has 0 aliphatic heterocycles. The van der Waals surface area contributed by atoms with Gasteiger partial charge >= 0.3 is 0 Å². The molecule has 21 heavy (non-hydrogen) atoms. The van der Waals surface area contributed by atoms with Crippen molar-refractivity contribution in [1.82, 2.24) is 10.0 Å². The van der Waals surface area contributed by atoms with Crippen molar-refractivity contribution in [3.8, 4) is 0 Å². The number of alkyl halides is 1. The summed E-state index contributed by atoms with van der Waals surface area (Å²) in [6, 6.07) is 6.46. The molecule has 1 amide bonds. The molecule has 0 spiro atoms. The van der Waals surface area contributed by atoms with Gasteiger partial charge < -0.3 is 5.32 Å². The van der Waals surface area contributed by atoms with Gasteiger partial charge in [-0.15, -0.1) is 11.6 Å². The molecule has 0 aliphatic rings. The fraction of sp³-hybridized carbons (Fsp3) is 0.500. The number of benzene rings is 1. The fourth-order valence-corrected chi connectivity index (χ4v) is 2.77. The molecule has 0 atom stereocenters. The zero-order valence-electron chi connectivity index (χ0n) is 12.2. The maximum atomic E-state index is 12.0. The number of nitrogens with one attached hydrogen (secondary N) is 2. The molecular weight excluding hydrogens is 312 g/mol. The van der Waals surface area contributed by atoms with Crippen molar-refractivity contribution in [2.45, 2.75) is 25.2 Å². The number of hydrogen-bond donors (Lipinski definition) is 2. The highest BCUT2D eigenvalue weighted by Crippen LogP contribution is 2.11. The molecule has 0 heterocycles. The van der Waals surface area contributed by atoms with Gasteiger partial charge in [-0.25, -0.2) is 13.1 Å². The standard InChI is InChI=1S/C14H21ClN2O3S/c1-11(2)9-16-14(18)10-17-21(19,20)13-5-3-12(4-6-13)7-8-15/h3-6,11,17H,7-10H2,1-2H3,(H,16,18). The zero-order chi connectivity index (χ0) is 15.9. The Balaban J connectivity index is 2.58. The number of aryl methyl sites for hydroxylation is 1. The molecule has 0 fully saturated rings. The lowest BCUT2D eigenvalue weighted by molar-refractivity contribution is -0.120. The third-order valence-electron chi connectivity index (χ3n) is 2.75. The molecule has 2 N–H and O–H groups in total. The molecule has 0 bridgehead atoms. The van der Waals surface area contributed by atoms with Gasteiger partial charge in [-0.3, -0.25) is 4.79 Å².